The fourth-order valence-electron chi connectivity index (χ4n) is 1.67. The second kappa shape index (κ2) is 7.03. The lowest BCUT2D eigenvalue weighted by atomic mass is 10.1. The molecule has 0 fully saturated rings. The first kappa shape index (κ1) is 16.1. The number of benzene rings is 1. The van der Waals surface area contributed by atoms with Crippen molar-refractivity contribution in [3.05, 3.63) is 27.1 Å². The van der Waals surface area contributed by atoms with Gasteiger partial charge in [-0.3, -0.25) is 0 Å². The van der Waals surface area contributed by atoms with Crippen molar-refractivity contribution in [2.24, 2.45) is 0 Å². The van der Waals surface area contributed by atoms with Crippen LogP contribution in [0, 0.1) is 0 Å². The summed E-state index contributed by atoms with van der Waals surface area (Å²) in [5, 5.41) is 0. The monoisotopic (exact) mass is 397 g/mol. The highest BCUT2D eigenvalue weighted by Gasteiger charge is 2.21. The Morgan fingerprint density at radius 1 is 1.28 bits per heavy atom. The molecule has 1 unspecified atom stereocenters. The Morgan fingerprint density at radius 3 is 2.44 bits per heavy atom. The van der Waals surface area contributed by atoms with E-state index in [9.17, 15) is 8.42 Å². The minimum Gasteiger partial charge on any atom is -0.208 e. The number of hydrogen-bond donors (Lipinski definition) is 1. The average molecular weight is 399 g/mol. The third-order valence-corrected chi connectivity index (χ3v) is 5.63. The minimum absolute atomic E-state index is 0.00412. The normalized spacial score (nSPS) is 13.6. The highest BCUT2D eigenvalue weighted by molar-refractivity contribution is 9.11. The zero-order valence-electron chi connectivity index (χ0n) is 10.4. The molecule has 18 heavy (non-hydrogen) atoms. The molecular formula is C12H17Br2NO2S. The Bertz CT molecular complexity index is 503. The van der Waals surface area contributed by atoms with Crippen LogP contribution in [0.5, 0.6) is 0 Å². The molecule has 0 aliphatic rings. The molecule has 0 aliphatic carbocycles. The van der Waals surface area contributed by atoms with Crippen molar-refractivity contribution < 1.29 is 8.42 Å². The van der Waals surface area contributed by atoms with Crippen molar-refractivity contribution >= 4 is 41.9 Å². The van der Waals surface area contributed by atoms with Gasteiger partial charge >= 0.3 is 0 Å². The Balaban J connectivity index is 2.99. The Morgan fingerprint density at radius 2 is 1.94 bits per heavy atom. The van der Waals surface area contributed by atoms with Crippen LogP contribution >= 0.6 is 31.9 Å². The number of nitrogens with one attached hydrogen (secondary N) is 1. The van der Waals surface area contributed by atoms with Crippen LogP contribution in [0.15, 0.2) is 32.0 Å². The van der Waals surface area contributed by atoms with Gasteiger partial charge in [0.05, 0.1) is 4.90 Å². The van der Waals surface area contributed by atoms with Crippen LogP contribution in [0.2, 0.25) is 0 Å². The molecule has 0 aromatic heterocycles. The van der Waals surface area contributed by atoms with E-state index >= 15 is 0 Å². The predicted octanol–water partition coefficient (Wildman–Crippen LogP) is 4.07. The molecule has 1 rings (SSSR count). The van der Waals surface area contributed by atoms with Crippen LogP contribution in [-0.4, -0.2) is 14.5 Å². The van der Waals surface area contributed by atoms with E-state index in [0.717, 1.165) is 23.7 Å². The lowest BCUT2D eigenvalue weighted by molar-refractivity contribution is 0.512. The second-order valence-electron chi connectivity index (χ2n) is 4.09. The maximum Gasteiger partial charge on any atom is 0.241 e. The third-order valence-electron chi connectivity index (χ3n) is 2.64. The second-order valence-corrected chi connectivity index (χ2v) is 7.54. The lowest BCUT2D eigenvalue weighted by Gasteiger charge is -2.17. The molecule has 6 heteroatoms. The van der Waals surface area contributed by atoms with Gasteiger partial charge < -0.3 is 0 Å². The van der Waals surface area contributed by atoms with Crippen molar-refractivity contribution in [3.8, 4) is 0 Å². The molecule has 0 bridgehead atoms. The van der Waals surface area contributed by atoms with Gasteiger partial charge in [-0.2, -0.15) is 0 Å². The van der Waals surface area contributed by atoms with Gasteiger partial charge in [0.25, 0.3) is 0 Å². The van der Waals surface area contributed by atoms with Gasteiger partial charge in [0, 0.05) is 15.0 Å². The molecule has 0 amide bonds. The minimum atomic E-state index is -3.46. The van der Waals surface area contributed by atoms with E-state index in [1.54, 1.807) is 18.2 Å². The van der Waals surface area contributed by atoms with Crippen molar-refractivity contribution in [1.82, 2.24) is 4.72 Å². The summed E-state index contributed by atoms with van der Waals surface area (Å²) < 4.78 is 28.7. The maximum atomic E-state index is 12.3. The summed E-state index contributed by atoms with van der Waals surface area (Å²) in [4.78, 5) is 0.278. The molecular weight excluding hydrogens is 382 g/mol. The number of sulfonamides is 1. The molecule has 0 heterocycles. The van der Waals surface area contributed by atoms with E-state index in [1.807, 2.05) is 13.8 Å². The molecule has 1 atom stereocenters. The first-order valence-electron chi connectivity index (χ1n) is 5.88. The van der Waals surface area contributed by atoms with Gasteiger partial charge in [0.1, 0.15) is 0 Å². The van der Waals surface area contributed by atoms with Crippen LogP contribution in [-0.2, 0) is 10.0 Å². The van der Waals surface area contributed by atoms with Crippen LogP contribution in [0.25, 0.3) is 0 Å². The van der Waals surface area contributed by atoms with Gasteiger partial charge in [-0.25, -0.2) is 13.1 Å². The first-order valence-corrected chi connectivity index (χ1v) is 8.95. The van der Waals surface area contributed by atoms with Gasteiger partial charge in [-0.05, 0) is 47.0 Å². The van der Waals surface area contributed by atoms with Crippen molar-refractivity contribution in [3.63, 3.8) is 0 Å². The molecule has 102 valence electrons. The van der Waals surface area contributed by atoms with Crippen molar-refractivity contribution in [1.29, 1.82) is 0 Å². The largest absolute Gasteiger partial charge is 0.241 e. The summed E-state index contributed by atoms with van der Waals surface area (Å²) in [6.07, 6.45) is 2.60. The summed E-state index contributed by atoms with van der Waals surface area (Å²) in [7, 11) is -3.46. The van der Waals surface area contributed by atoms with Gasteiger partial charge in [-0.1, -0.05) is 36.2 Å². The quantitative estimate of drug-likeness (QED) is 0.784. The van der Waals surface area contributed by atoms with E-state index in [2.05, 4.69) is 36.6 Å². The summed E-state index contributed by atoms with van der Waals surface area (Å²) in [5.41, 5.74) is 0. The van der Waals surface area contributed by atoms with E-state index < -0.39 is 10.0 Å². The van der Waals surface area contributed by atoms with Crippen LogP contribution in [0.4, 0.5) is 0 Å². The first-order chi connectivity index (χ1) is 8.40. The predicted molar refractivity (Wildman–Crippen MR) is 81.2 cm³/mol. The smallest absolute Gasteiger partial charge is 0.208 e. The van der Waals surface area contributed by atoms with Gasteiger partial charge in [0.2, 0.25) is 10.0 Å². The van der Waals surface area contributed by atoms with Crippen LogP contribution < -0.4 is 4.72 Å². The Hall–Kier alpha value is 0.0900. The van der Waals surface area contributed by atoms with Gasteiger partial charge in [-0.15, -0.1) is 0 Å². The maximum absolute atomic E-state index is 12.3. The molecule has 0 aliphatic heterocycles. The zero-order valence-corrected chi connectivity index (χ0v) is 14.4. The molecule has 0 spiro atoms. The molecule has 0 saturated carbocycles. The van der Waals surface area contributed by atoms with E-state index in [-0.39, 0.29) is 10.9 Å². The Labute approximate surface area is 126 Å². The average Bonchev–Trinajstić information content (AvgIpc) is 2.27. The van der Waals surface area contributed by atoms with Crippen molar-refractivity contribution in [2.75, 3.05) is 0 Å². The number of hydrogen-bond acceptors (Lipinski definition) is 2. The third kappa shape index (κ3) is 4.33. The molecule has 1 N–H and O–H groups in total. The standard InChI is InChI=1S/C12H17Br2NO2S/c1-3-5-10(4-2)15-18(16,17)12-7-6-9(13)8-11(12)14/h6-8,10,15H,3-5H2,1-2H3. The van der Waals surface area contributed by atoms with Crippen LogP contribution in [0.3, 0.4) is 0 Å². The highest BCUT2D eigenvalue weighted by atomic mass is 79.9. The Kier molecular flexibility index (Phi) is 6.30. The zero-order chi connectivity index (χ0) is 13.8. The van der Waals surface area contributed by atoms with E-state index in [4.69, 9.17) is 0 Å². The SMILES string of the molecule is CCCC(CC)NS(=O)(=O)c1ccc(Br)cc1Br. The number of halogens is 2. The topological polar surface area (TPSA) is 46.2 Å². The summed E-state index contributed by atoms with van der Waals surface area (Å²) in [5.74, 6) is 0. The summed E-state index contributed by atoms with van der Waals surface area (Å²) >= 11 is 6.59. The lowest BCUT2D eigenvalue weighted by Crippen LogP contribution is -2.34. The van der Waals surface area contributed by atoms with E-state index in [0.29, 0.717) is 4.47 Å². The number of rotatable bonds is 6. The molecule has 0 saturated heterocycles. The van der Waals surface area contributed by atoms with Gasteiger partial charge in [0.15, 0.2) is 0 Å². The summed E-state index contributed by atoms with van der Waals surface area (Å²) in [6.45, 7) is 4.03. The fraction of sp³-hybridized carbons (Fsp3) is 0.500. The van der Waals surface area contributed by atoms with Crippen molar-refractivity contribution in [2.45, 2.75) is 44.0 Å². The molecule has 1 aromatic rings. The molecule has 3 nitrogen and oxygen atoms in total. The highest BCUT2D eigenvalue weighted by Crippen LogP contribution is 2.26. The van der Waals surface area contributed by atoms with E-state index in [1.165, 1.54) is 0 Å². The summed E-state index contributed by atoms with van der Waals surface area (Å²) in [6, 6.07) is 5.04. The van der Waals surface area contributed by atoms with Crippen LogP contribution in [0.1, 0.15) is 33.1 Å². The fourth-order valence-corrected chi connectivity index (χ4v) is 4.77. The molecule has 1 aromatic carbocycles. The molecule has 0 radical (unpaired) electrons.